The summed E-state index contributed by atoms with van der Waals surface area (Å²) < 4.78 is 0. The van der Waals surface area contributed by atoms with Crippen LogP contribution in [-0.4, -0.2) is 65.6 Å². The third kappa shape index (κ3) is 4.14. The van der Waals surface area contributed by atoms with E-state index in [-0.39, 0.29) is 0 Å². The molecule has 5 heteroatoms. The molecule has 0 bridgehead atoms. The van der Waals surface area contributed by atoms with Crippen LogP contribution >= 0.6 is 0 Å². The van der Waals surface area contributed by atoms with Crippen molar-refractivity contribution in [2.24, 2.45) is 0 Å². The van der Waals surface area contributed by atoms with E-state index in [9.17, 15) is 0 Å². The molecule has 5 nitrogen and oxygen atoms in total. The van der Waals surface area contributed by atoms with Gasteiger partial charge in [-0.2, -0.15) is 0 Å². The highest BCUT2D eigenvalue weighted by molar-refractivity contribution is 5.40. The van der Waals surface area contributed by atoms with Crippen molar-refractivity contribution in [1.82, 2.24) is 19.8 Å². The van der Waals surface area contributed by atoms with Crippen LogP contribution in [0.1, 0.15) is 18.3 Å². The fraction of sp³-hybridized carbons (Fsp3) is 0.714. The third-order valence-corrected chi connectivity index (χ3v) is 3.59. The number of aromatic nitrogens is 2. The van der Waals surface area contributed by atoms with E-state index in [0.29, 0.717) is 6.04 Å². The Morgan fingerprint density at radius 3 is 2.63 bits per heavy atom. The topological polar surface area (TPSA) is 44.3 Å². The van der Waals surface area contributed by atoms with Gasteiger partial charge in [-0.25, -0.2) is 4.98 Å². The minimum absolute atomic E-state index is 0.387. The Balaban J connectivity index is 1.87. The quantitative estimate of drug-likeness (QED) is 0.882. The van der Waals surface area contributed by atoms with Gasteiger partial charge >= 0.3 is 0 Å². The lowest BCUT2D eigenvalue weighted by molar-refractivity contribution is 0.151. The maximum absolute atomic E-state index is 4.52. The summed E-state index contributed by atoms with van der Waals surface area (Å²) in [7, 11) is 2.19. The first-order chi connectivity index (χ1) is 9.04. The third-order valence-electron chi connectivity index (χ3n) is 3.59. The zero-order chi connectivity index (χ0) is 13.8. The lowest BCUT2D eigenvalue weighted by atomic mass is 10.2. The molecule has 1 aliphatic heterocycles. The number of likely N-dealkylation sites (N-methyl/N-ethyl adjacent to an activating group) is 1. The van der Waals surface area contributed by atoms with Crippen LogP contribution in [0.4, 0.5) is 5.82 Å². The summed E-state index contributed by atoms with van der Waals surface area (Å²) in [6.07, 6.45) is 1.81. The SMILES string of the molecule is Cc1cnc(C)c(NC(C)CN2CCN(C)CC2)n1. The monoisotopic (exact) mass is 263 g/mol. The number of rotatable bonds is 4. The van der Waals surface area contributed by atoms with Crippen molar-refractivity contribution in [1.29, 1.82) is 0 Å². The van der Waals surface area contributed by atoms with E-state index in [4.69, 9.17) is 0 Å². The second kappa shape index (κ2) is 6.30. The van der Waals surface area contributed by atoms with Gasteiger partial charge in [-0.1, -0.05) is 0 Å². The Hall–Kier alpha value is -1.20. The summed E-state index contributed by atoms with van der Waals surface area (Å²) in [5, 5.41) is 3.48. The highest BCUT2D eigenvalue weighted by Crippen LogP contribution is 2.11. The second-order valence-corrected chi connectivity index (χ2v) is 5.59. The van der Waals surface area contributed by atoms with Crippen LogP contribution in [0.25, 0.3) is 0 Å². The highest BCUT2D eigenvalue weighted by atomic mass is 15.3. The molecular weight excluding hydrogens is 238 g/mol. The number of nitrogens with one attached hydrogen (secondary N) is 1. The Kier molecular flexibility index (Phi) is 4.71. The molecule has 0 amide bonds. The zero-order valence-electron chi connectivity index (χ0n) is 12.5. The molecular formula is C14H25N5. The van der Waals surface area contributed by atoms with Crippen molar-refractivity contribution in [2.45, 2.75) is 26.8 Å². The summed E-state index contributed by atoms with van der Waals surface area (Å²) in [5.74, 6) is 0.918. The van der Waals surface area contributed by atoms with E-state index in [1.807, 2.05) is 20.0 Å². The molecule has 1 aliphatic rings. The maximum atomic E-state index is 4.52. The van der Waals surface area contributed by atoms with Gasteiger partial charge in [-0.05, 0) is 27.8 Å². The number of hydrogen-bond donors (Lipinski definition) is 1. The van der Waals surface area contributed by atoms with Gasteiger partial charge in [-0.15, -0.1) is 0 Å². The van der Waals surface area contributed by atoms with E-state index in [1.165, 1.54) is 0 Å². The standard InChI is InChI=1S/C14H25N5/c1-11-9-15-13(3)14(16-11)17-12(2)10-19-7-5-18(4)6-8-19/h9,12H,5-8,10H2,1-4H3,(H,16,17). The van der Waals surface area contributed by atoms with Gasteiger partial charge in [-0.3, -0.25) is 9.88 Å². The summed E-state index contributed by atoms with van der Waals surface area (Å²) in [6, 6.07) is 0.387. The molecule has 0 aliphatic carbocycles. The number of aryl methyl sites for hydroxylation is 2. The molecule has 19 heavy (non-hydrogen) atoms. The first kappa shape index (κ1) is 14.2. The minimum atomic E-state index is 0.387. The number of hydrogen-bond acceptors (Lipinski definition) is 5. The van der Waals surface area contributed by atoms with Gasteiger partial charge in [0.05, 0.1) is 11.4 Å². The number of nitrogens with zero attached hydrogens (tertiary/aromatic N) is 4. The average molecular weight is 263 g/mol. The molecule has 0 aromatic carbocycles. The Bertz CT molecular complexity index is 412. The largest absolute Gasteiger partial charge is 0.365 e. The highest BCUT2D eigenvalue weighted by Gasteiger charge is 2.16. The van der Waals surface area contributed by atoms with Crippen molar-refractivity contribution in [3.63, 3.8) is 0 Å². The van der Waals surface area contributed by atoms with Gasteiger partial charge in [0.1, 0.15) is 5.82 Å². The summed E-state index contributed by atoms with van der Waals surface area (Å²) in [4.78, 5) is 13.8. The second-order valence-electron chi connectivity index (χ2n) is 5.59. The first-order valence-electron chi connectivity index (χ1n) is 7.02. The molecule has 1 fully saturated rings. The number of piperazine rings is 1. The van der Waals surface area contributed by atoms with Gasteiger partial charge in [0, 0.05) is 45.0 Å². The van der Waals surface area contributed by atoms with Crippen molar-refractivity contribution in [3.8, 4) is 0 Å². The van der Waals surface area contributed by atoms with Gasteiger partial charge < -0.3 is 10.2 Å². The van der Waals surface area contributed by atoms with Crippen molar-refractivity contribution >= 4 is 5.82 Å². The molecule has 1 saturated heterocycles. The van der Waals surface area contributed by atoms with E-state index in [0.717, 1.165) is 49.9 Å². The van der Waals surface area contributed by atoms with E-state index in [2.05, 4.69) is 39.1 Å². The zero-order valence-corrected chi connectivity index (χ0v) is 12.5. The lowest BCUT2D eigenvalue weighted by Gasteiger charge is -2.34. The molecule has 0 spiro atoms. The van der Waals surface area contributed by atoms with Crippen LogP contribution < -0.4 is 5.32 Å². The Labute approximate surface area is 116 Å². The molecule has 2 heterocycles. The van der Waals surface area contributed by atoms with Crippen LogP contribution in [0.3, 0.4) is 0 Å². The fourth-order valence-corrected chi connectivity index (χ4v) is 2.37. The molecule has 2 rings (SSSR count). The predicted molar refractivity (Wildman–Crippen MR) is 78.5 cm³/mol. The van der Waals surface area contributed by atoms with Crippen LogP contribution in [0.15, 0.2) is 6.20 Å². The molecule has 1 unspecified atom stereocenters. The van der Waals surface area contributed by atoms with E-state index in [1.54, 1.807) is 0 Å². The molecule has 1 aromatic rings. The van der Waals surface area contributed by atoms with Crippen molar-refractivity contribution in [2.75, 3.05) is 45.1 Å². The normalized spacial score (nSPS) is 19.4. The van der Waals surface area contributed by atoms with Crippen molar-refractivity contribution < 1.29 is 0 Å². The smallest absolute Gasteiger partial charge is 0.148 e. The lowest BCUT2D eigenvalue weighted by Crippen LogP contribution is -2.47. The molecule has 106 valence electrons. The summed E-state index contributed by atoms with van der Waals surface area (Å²) in [6.45, 7) is 11.9. The summed E-state index contributed by atoms with van der Waals surface area (Å²) in [5.41, 5.74) is 1.93. The Morgan fingerprint density at radius 1 is 1.26 bits per heavy atom. The van der Waals surface area contributed by atoms with Gasteiger partial charge in [0.2, 0.25) is 0 Å². The Morgan fingerprint density at radius 2 is 1.95 bits per heavy atom. The van der Waals surface area contributed by atoms with Gasteiger partial charge in [0.25, 0.3) is 0 Å². The maximum Gasteiger partial charge on any atom is 0.148 e. The van der Waals surface area contributed by atoms with Crippen molar-refractivity contribution in [3.05, 3.63) is 17.6 Å². The average Bonchev–Trinajstić information content (AvgIpc) is 2.37. The summed E-state index contributed by atoms with van der Waals surface area (Å²) >= 11 is 0. The molecule has 1 atom stereocenters. The molecule has 0 saturated carbocycles. The number of anilines is 1. The minimum Gasteiger partial charge on any atom is -0.365 e. The van der Waals surface area contributed by atoms with Crippen LogP contribution in [0, 0.1) is 13.8 Å². The van der Waals surface area contributed by atoms with E-state index < -0.39 is 0 Å². The van der Waals surface area contributed by atoms with Crippen LogP contribution in [0.5, 0.6) is 0 Å². The van der Waals surface area contributed by atoms with E-state index >= 15 is 0 Å². The van der Waals surface area contributed by atoms with Crippen LogP contribution in [0.2, 0.25) is 0 Å². The molecule has 0 radical (unpaired) electrons. The van der Waals surface area contributed by atoms with Crippen LogP contribution in [-0.2, 0) is 0 Å². The first-order valence-corrected chi connectivity index (χ1v) is 7.02. The predicted octanol–water partition coefficient (Wildman–Crippen LogP) is 1.14. The molecule has 1 aromatic heterocycles. The molecule has 1 N–H and O–H groups in total. The fourth-order valence-electron chi connectivity index (χ4n) is 2.37. The van der Waals surface area contributed by atoms with Gasteiger partial charge in [0.15, 0.2) is 0 Å².